The van der Waals surface area contributed by atoms with Gasteiger partial charge in [-0.25, -0.2) is 0 Å². The van der Waals surface area contributed by atoms with Crippen LogP contribution in [0.5, 0.6) is 34.5 Å². The molecule has 8 nitrogen and oxygen atoms in total. The summed E-state index contributed by atoms with van der Waals surface area (Å²) in [4.78, 5) is 12.9. The third kappa shape index (κ3) is 2.85. The lowest BCUT2D eigenvalue weighted by atomic mass is 9.67. The molecule has 3 atom stereocenters. The van der Waals surface area contributed by atoms with Gasteiger partial charge in [0, 0.05) is 17.4 Å². The molecular weight excluding hydrogens is 404 g/mol. The molecule has 2 aromatic rings. The predicted octanol–water partition coefficient (Wildman–Crippen LogP) is 2.93. The number of rotatable bonds is 5. The molecule has 5 rings (SSSR count). The van der Waals surface area contributed by atoms with Crippen LogP contribution in [0, 0.1) is 11.8 Å². The van der Waals surface area contributed by atoms with Gasteiger partial charge >= 0.3 is 5.97 Å². The number of hydrogen-bond acceptors (Lipinski definition) is 8. The minimum Gasteiger partial charge on any atom is -0.493 e. The summed E-state index contributed by atoms with van der Waals surface area (Å²) in [5.41, 5.74) is 2.79. The quantitative estimate of drug-likeness (QED) is 0.673. The Balaban J connectivity index is 1.78. The molecule has 2 heterocycles. The van der Waals surface area contributed by atoms with Crippen molar-refractivity contribution in [3.05, 3.63) is 34.9 Å². The van der Waals surface area contributed by atoms with Crippen LogP contribution < -0.4 is 28.4 Å². The van der Waals surface area contributed by atoms with Crippen LogP contribution >= 0.6 is 0 Å². The smallest absolute Gasteiger partial charge is 0.310 e. The molecule has 1 aliphatic carbocycles. The highest BCUT2D eigenvalue weighted by atomic mass is 16.7. The zero-order chi connectivity index (χ0) is 21.7. The van der Waals surface area contributed by atoms with Crippen molar-refractivity contribution < 1.29 is 38.0 Å². The number of benzene rings is 2. The summed E-state index contributed by atoms with van der Waals surface area (Å²) in [6.45, 7) is 0.511. The van der Waals surface area contributed by atoms with E-state index in [1.165, 1.54) is 0 Å². The Bertz CT molecular complexity index is 1050. The SMILES string of the molecule is COc1cc([C@@H]2c3c(cc(OC)c(OC)c3OC)CC3COC(=O)[C@@H]32)cc2c1OCO2. The minimum atomic E-state index is -0.357. The topological polar surface area (TPSA) is 81.7 Å². The van der Waals surface area contributed by atoms with Crippen LogP contribution in [0.15, 0.2) is 18.2 Å². The molecule has 1 unspecified atom stereocenters. The van der Waals surface area contributed by atoms with Gasteiger partial charge in [0.25, 0.3) is 0 Å². The molecular formula is C23H24O8. The summed E-state index contributed by atoms with van der Waals surface area (Å²) in [5.74, 6) is 2.48. The first kappa shape index (κ1) is 19.7. The second-order valence-electron chi connectivity index (χ2n) is 7.77. The average molecular weight is 428 g/mol. The molecule has 1 fully saturated rings. The van der Waals surface area contributed by atoms with E-state index in [1.807, 2.05) is 18.2 Å². The molecule has 0 radical (unpaired) electrons. The van der Waals surface area contributed by atoms with Crippen LogP contribution in [0.25, 0.3) is 0 Å². The van der Waals surface area contributed by atoms with Gasteiger partial charge in [-0.3, -0.25) is 4.79 Å². The molecule has 0 bridgehead atoms. The van der Waals surface area contributed by atoms with Gasteiger partial charge in [0.05, 0.1) is 41.0 Å². The summed E-state index contributed by atoms with van der Waals surface area (Å²) in [5, 5.41) is 0. The maximum absolute atomic E-state index is 12.9. The van der Waals surface area contributed by atoms with Gasteiger partial charge in [-0.1, -0.05) is 0 Å². The number of methoxy groups -OCH3 is 4. The van der Waals surface area contributed by atoms with Gasteiger partial charge in [0.1, 0.15) is 0 Å². The Labute approximate surface area is 179 Å². The largest absolute Gasteiger partial charge is 0.493 e. The van der Waals surface area contributed by atoms with Gasteiger partial charge in [-0.05, 0) is 35.7 Å². The summed E-state index contributed by atoms with van der Waals surface area (Å²) >= 11 is 0. The van der Waals surface area contributed by atoms with Crippen molar-refractivity contribution in [3.8, 4) is 34.5 Å². The van der Waals surface area contributed by atoms with Gasteiger partial charge in [0.15, 0.2) is 23.0 Å². The zero-order valence-electron chi connectivity index (χ0n) is 17.9. The minimum absolute atomic E-state index is 0.0456. The monoisotopic (exact) mass is 428 g/mol. The third-order valence-electron chi connectivity index (χ3n) is 6.37. The van der Waals surface area contributed by atoms with E-state index in [-0.39, 0.29) is 30.5 Å². The van der Waals surface area contributed by atoms with E-state index in [0.717, 1.165) is 16.7 Å². The number of cyclic esters (lactones) is 1. The van der Waals surface area contributed by atoms with Gasteiger partial charge < -0.3 is 33.2 Å². The highest BCUT2D eigenvalue weighted by molar-refractivity contribution is 5.79. The van der Waals surface area contributed by atoms with Crippen LogP contribution in [0.2, 0.25) is 0 Å². The molecule has 2 aromatic carbocycles. The first-order valence-electron chi connectivity index (χ1n) is 10.1. The molecule has 0 saturated carbocycles. The van der Waals surface area contributed by atoms with Crippen LogP contribution in [0.4, 0.5) is 0 Å². The number of fused-ring (bicyclic) bond motifs is 3. The van der Waals surface area contributed by atoms with E-state index in [2.05, 4.69) is 0 Å². The molecule has 31 heavy (non-hydrogen) atoms. The molecule has 0 aromatic heterocycles. The first-order chi connectivity index (χ1) is 15.1. The van der Waals surface area contributed by atoms with Crippen LogP contribution in [0.1, 0.15) is 22.6 Å². The Morgan fingerprint density at radius 2 is 1.65 bits per heavy atom. The fourth-order valence-corrected chi connectivity index (χ4v) is 5.08. The Morgan fingerprint density at radius 1 is 0.871 bits per heavy atom. The Morgan fingerprint density at radius 3 is 2.35 bits per heavy atom. The van der Waals surface area contributed by atoms with Crippen molar-refractivity contribution in [3.63, 3.8) is 0 Å². The number of esters is 1. The molecule has 2 aliphatic heterocycles. The van der Waals surface area contributed by atoms with Crippen LogP contribution in [-0.2, 0) is 16.0 Å². The molecule has 164 valence electrons. The maximum atomic E-state index is 12.9. The number of carbonyl (C=O) groups excluding carboxylic acids is 1. The lowest BCUT2D eigenvalue weighted by molar-refractivity contribution is -0.141. The van der Waals surface area contributed by atoms with E-state index >= 15 is 0 Å². The van der Waals surface area contributed by atoms with Crippen molar-refractivity contribution in [2.75, 3.05) is 41.8 Å². The Kier molecular flexibility index (Phi) is 4.72. The second kappa shape index (κ2) is 7.44. The average Bonchev–Trinajstić information content (AvgIpc) is 3.42. The predicted molar refractivity (Wildman–Crippen MR) is 109 cm³/mol. The summed E-state index contributed by atoms with van der Waals surface area (Å²) in [6, 6.07) is 5.77. The van der Waals surface area contributed by atoms with E-state index < -0.39 is 0 Å². The summed E-state index contributed by atoms with van der Waals surface area (Å²) in [7, 11) is 6.34. The third-order valence-corrected chi connectivity index (χ3v) is 6.37. The zero-order valence-corrected chi connectivity index (χ0v) is 17.9. The standard InChI is InChI=1S/C23H24O8/c1-25-14-7-12(8-16-20(14)31-10-30-16)17-18-11(5-13-9-29-23(24)19(13)17)6-15(26-2)21(27-3)22(18)28-4/h6-8,13,17,19H,5,9-10H2,1-4H3/t13?,17-,19+/m1/s1. The first-order valence-corrected chi connectivity index (χ1v) is 10.1. The fourth-order valence-electron chi connectivity index (χ4n) is 5.08. The maximum Gasteiger partial charge on any atom is 0.310 e. The molecule has 0 N–H and O–H groups in total. The van der Waals surface area contributed by atoms with E-state index in [1.54, 1.807) is 28.4 Å². The highest BCUT2D eigenvalue weighted by Crippen LogP contribution is 2.56. The molecule has 1 saturated heterocycles. The van der Waals surface area contributed by atoms with Crippen molar-refractivity contribution in [1.82, 2.24) is 0 Å². The van der Waals surface area contributed by atoms with Gasteiger partial charge in [0.2, 0.25) is 18.3 Å². The van der Waals surface area contributed by atoms with Crippen LogP contribution in [0.3, 0.4) is 0 Å². The highest BCUT2D eigenvalue weighted by Gasteiger charge is 2.49. The van der Waals surface area contributed by atoms with E-state index in [9.17, 15) is 4.79 Å². The van der Waals surface area contributed by atoms with Crippen molar-refractivity contribution in [2.24, 2.45) is 11.8 Å². The van der Waals surface area contributed by atoms with Crippen molar-refractivity contribution in [1.29, 1.82) is 0 Å². The van der Waals surface area contributed by atoms with Crippen LogP contribution in [-0.4, -0.2) is 47.8 Å². The number of hydrogen-bond donors (Lipinski definition) is 0. The number of ether oxygens (including phenoxy) is 7. The fraction of sp³-hybridized carbons (Fsp3) is 0.435. The molecule has 8 heteroatoms. The normalized spacial score (nSPS) is 23.0. The van der Waals surface area contributed by atoms with E-state index in [0.29, 0.717) is 47.5 Å². The molecule has 0 amide bonds. The van der Waals surface area contributed by atoms with Crippen molar-refractivity contribution >= 4 is 5.97 Å². The van der Waals surface area contributed by atoms with Gasteiger partial charge in [-0.15, -0.1) is 0 Å². The number of carbonyl (C=O) groups is 1. The lowest BCUT2D eigenvalue weighted by Crippen LogP contribution is -2.32. The Hall–Kier alpha value is -3.29. The second-order valence-corrected chi connectivity index (χ2v) is 7.77. The molecule has 3 aliphatic rings. The lowest BCUT2D eigenvalue weighted by Gasteiger charge is -2.35. The summed E-state index contributed by atoms with van der Waals surface area (Å²) < 4.78 is 39.2. The molecule has 0 spiro atoms. The van der Waals surface area contributed by atoms with Crippen molar-refractivity contribution in [2.45, 2.75) is 12.3 Å². The van der Waals surface area contributed by atoms with E-state index in [4.69, 9.17) is 33.2 Å². The summed E-state index contributed by atoms with van der Waals surface area (Å²) in [6.07, 6.45) is 0.681. The van der Waals surface area contributed by atoms with Gasteiger partial charge in [-0.2, -0.15) is 0 Å².